The molecule has 0 aliphatic heterocycles. The summed E-state index contributed by atoms with van der Waals surface area (Å²) in [7, 11) is 0. The van der Waals surface area contributed by atoms with Crippen molar-refractivity contribution in [3.05, 3.63) is 35.1 Å². The van der Waals surface area contributed by atoms with Crippen LogP contribution in [0, 0.1) is 5.82 Å². The van der Waals surface area contributed by atoms with Gasteiger partial charge in [-0.15, -0.1) is 0 Å². The number of hydrogen-bond acceptors (Lipinski definition) is 2. The van der Waals surface area contributed by atoms with Crippen molar-refractivity contribution >= 4 is 22.6 Å². The summed E-state index contributed by atoms with van der Waals surface area (Å²) in [4.78, 5) is 22.3. The molecule has 1 atom stereocenters. The minimum absolute atomic E-state index is 0.0482. The lowest BCUT2D eigenvalue weighted by Gasteiger charge is -2.06. The van der Waals surface area contributed by atoms with Crippen LogP contribution >= 0.6 is 11.6 Å². The molecule has 0 N–H and O–H groups in total. The van der Waals surface area contributed by atoms with Gasteiger partial charge in [-0.05, 0) is 35.4 Å². The first-order valence-corrected chi connectivity index (χ1v) is 4.96. The Kier molecular flexibility index (Phi) is 2.57. The number of hydrogen-bond donors (Lipinski definition) is 0. The summed E-state index contributed by atoms with van der Waals surface area (Å²) in [6.45, 7) is 0. The smallest absolute Gasteiger partial charge is 0.222 e. The highest BCUT2D eigenvalue weighted by Crippen LogP contribution is 2.36. The summed E-state index contributed by atoms with van der Waals surface area (Å²) in [6, 6.07) is 4.03. The number of halogens is 2. The Balaban J connectivity index is 2.39. The van der Waals surface area contributed by atoms with Gasteiger partial charge < -0.3 is 0 Å². The molecule has 0 fully saturated rings. The number of Topliss-reactive ketones (excluding diaryl/α,β-unsaturated/α-hetero) is 1. The Labute approximate surface area is 91.0 Å². The first-order chi connectivity index (χ1) is 7.08. The normalized spacial score (nSPS) is 19.1. The van der Waals surface area contributed by atoms with E-state index in [-0.39, 0.29) is 24.5 Å². The van der Waals surface area contributed by atoms with E-state index in [9.17, 15) is 14.0 Å². The molecule has 1 aliphatic carbocycles. The molecule has 0 aromatic heterocycles. The van der Waals surface area contributed by atoms with Crippen LogP contribution in [0.15, 0.2) is 18.2 Å². The van der Waals surface area contributed by atoms with Gasteiger partial charge in [0, 0.05) is 24.3 Å². The number of benzene rings is 1. The van der Waals surface area contributed by atoms with Crippen LogP contribution in [0.5, 0.6) is 0 Å². The third kappa shape index (κ3) is 1.92. The molecule has 1 aliphatic rings. The molecule has 2 rings (SSSR count). The second-order valence-corrected chi connectivity index (χ2v) is 4.04. The SMILES string of the molecule is O=C(Cl)CC1CC(=O)c2ccc(F)cc21. The highest BCUT2D eigenvalue weighted by molar-refractivity contribution is 6.63. The maximum Gasteiger partial charge on any atom is 0.222 e. The van der Waals surface area contributed by atoms with E-state index in [2.05, 4.69) is 0 Å². The van der Waals surface area contributed by atoms with Gasteiger partial charge in [0.1, 0.15) is 5.82 Å². The average Bonchev–Trinajstić information content (AvgIpc) is 2.42. The second-order valence-electron chi connectivity index (χ2n) is 3.62. The maximum atomic E-state index is 13.0. The van der Waals surface area contributed by atoms with Crippen LogP contribution in [0.2, 0.25) is 0 Å². The molecule has 2 nitrogen and oxygen atoms in total. The Morgan fingerprint density at radius 2 is 2.27 bits per heavy atom. The first-order valence-electron chi connectivity index (χ1n) is 4.59. The molecule has 0 heterocycles. The summed E-state index contributed by atoms with van der Waals surface area (Å²) >= 11 is 5.27. The fraction of sp³-hybridized carbons (Fsp3) is 0.273. The van der Waals surface area contributed by atoms with Crippen molar-refractivity contribution < 1.29 is 14.0 Å². The van der Waals surface area contributed by atoms with Crippen LogP contribution in [0.4, 0.5) is 4.39 Å². The Morgan fingerprint density at radius 1 is 1.53 bits per heavy atom. The number of rotatable bonds is 2. The van der Waals surface area contributed by atoms with Crippen molar-refractivity contribution in [1.82, 2.24) is 0 Å². The van der Waals surface area contributed by atoms with E-state index in [1.807, 2.05) is 0 Å². The van der Waals surface area contributed by atoms with Crippen molar-refractivity contribution in [1.29, 1.82) is 0 Å². The van der Waals surface area contributed by atoms with Crippen LogP contribution in [-0.2, 0) is 4.79 Å². The molecule has 0 spiro atoms. The second kappa shape index (κ2) is 3.74. The first kappa shape index (κ1) is 10.3. The summed E-state index contributed by atoms with van der Waals surface area (Å²) < 4.78 is 13.0. The molecule has 1 aromatic rings. The molecule has 78 valence electrons. The Bertz CT molecular complexity index is 440. The maximum absolute atomic E-state index is 13.0. The molecule has 15 heavy (non-hydrogen) atoms. The van der Waals surface area contributed by atoms with Crippen LogP contribution in [0.3, 0.4) is 0 Å². The van der Waals surface area contributed by atoms with E-state index in [1.165, 1.54) is 18.2 Å². The van der Waals surface area contributed by atoms with Gasteiger partial charge in [-0.3, -0.25) is 9.59 Å². The van der Waals surface area contributed by atoms with Gasteiger partial charge in [0.2, 0.25) is 5.24 Å². The molecular weight excluding hydrogens is 219 g/mol. The van der Waals surface area contributed by atoms with E-state index in [4.69, 9.17) is 11.6 Å². The van der Waals surface area contributed by atoms with Crippen LogP contribution < -0.4 is 0 Å². The molecule has 0 radical (unpaired) electrons. The fourth-order valence-electron chi connectivity index (χ4n) is 1.94. The highest BCUT2D eigenvalue weighted by Gasteiger charge is 2.30. The number of carbonyl (C=O) groups excluding carboxylic acids is 2. The fourth-order valence-corrected chi connectivity index (χ4v) is 2.13. The number of fused-ring (bicyclic) bond motifs is 1. The van der Waals surface area contributed by atoms with Gasteiger partial charge in [-0.25, -0.2) is 4.39 Å². The van der Waals surface area contributed by atoms with E-state index in [0.29, 0.717) is 11.1 Å². The zero-order chi connectivity index (χ0) is 11.0. The number of ketones is 1. The largest absolute Gasteiger partial charge is 0.294 e. The van der Waals surface area contributed by atoms with Crippen LogP contribution in [0.25, 0.3) is 0 Å². The molecule has 0 saturated carbocycles. The Hall–Kier alpha value is -1.22. The lowest BCUT2D eigenvalue weighted by Crippen LogP contribution is -1.99. The zero-order valence-electron chi connectivity index (χ0n) is 7.80. The van der Waals surface area contributed by atoms with Crippen molar-refractivity contribution in [2.45, 2.75) is 18.8 Å². The minimum Gasteiger partial charge on any atom is -0.294 e. The molecule has 0 saturated heterocycles. The van der Waals surface area contributed by atoms with E-state index in [1.54, 1.807) is 0 Å². The van der Waals surface area contributed by atoms with Gasteiger partial charge >= 0.3 is 0 Å². The topological polar surface area (TPSA) is 34.1 Å². The third-order valence-electron chi connectivity index (χ3n) is 2.59. The monoisotopic (exact) mass is 226 g/mol. The predicted octanol–water partition coefficient (Wildman–Crippen LogP) is 2.65. The summed E-state index contributed by atoms with van der Waals surface area (Å²) in [5.41, 5.74) is 1.12. The van der Waals surface area contributed by atoms with Gasteiger partial charge in [0.05, 0.1) is 0 Å². The zero-order valence-corrected chi connectivity index (χ0v) is 8.55. The van der Waals surface area contributed by atoms with Crippen LogP contribution in [0.1, 0.15) is 34.7 Å². The van der Waals surface area contributed by atoms with Crippen molar-refractivity contribution in [2.24, 2.45) is 0 Å². The molecule has 1 unspecified atom stereocenters. The summed E-state index contributed by atoms with van der Waals surface area (Å²) in [6.07, 6.45) is 0.334. The van der Waals surface area contributed by atoms with Gasteiger partial charge in [0.15, 0.2) is 5.78 Å². The van der Waals surface area contributed by atoms with E-state index >= 15 is 0 Å². The van der Waals surface area contributed by atoms with Crippen LogP contribution in [-0.4, -0.2) is 11.0 Å². The Morgan fingerprint density at radius 3 is 2.93 bits per heavy atom. The molecular formula is C11H8ClFO2. The predicted molar refractivity (Wildman–Crippen MR) is 53.6 cm³/mol. The average molecular weight is 227 g/mol. The molecule has 1 aromatic carbocycles. The van der Waals surface area contributed by atoms with E-state index in [0.717, 1.165) is 0 Å². The van der Waals surface area contributed by atoms with Crippen molar-refractivity contribution in [3.63, 3.8) is 0 Å². The molecule has 0 amide bonds. The van der Waals surface area contributed by atoms with Crippen molar-refractivity contribution in [3.8, 4) is 0 Å². The third-order valence-corrected chi connectivity index (χ3v) is 2.75. The quantitative estimate of drug-likeness (QED) is 0.727. The van der Waals surface area contributed by atoms with Crippen molar-refractivity contribution in [2.75, 3.05) is 0 Å². The van der Waals surface area contributed by atoms with E-state index < -0.39 is 11.1 Å². The molecule has 0 bridgehead atoms. The van der Waals surface area contributed by atoms with Gasteiger partial charge in [0.25, 0.3) is 0 Å². The van der Waals surface area contributed by atoms with Gasteiger partial charge in [-0.2, -0.15) is 0 Å². The van der Waals surface area contributed by atoms with Gasteiger partial charge in [-0.1, -0.05) is 0 Å². The standard InChI is InChI=1S/C11H8ClFO2/c12-11(15)4-6-3-10(14)8-2-1-7(13)5-9(6)8/h1-2,5-6H,3-4H2. The summed E-state index contributed by atoms with van der Waals surface area (Å²) in [5, 5.41) is -0.495. The molecule has 4 heteroatoms. The lowest BCUT2D eigenvalue weighted by molar-refractivity contribution is -0.112. The highest BCUT2D eigenvalue weighted by atomic mass is 35.5. The summed E-state index contributed by atoms with van der Waals surface area (Å²) in [5.74, 6) is -0.698. The lowest BCUT2D eigenvalue weighted by atomic mass is 9.98. The minimum atomic E-state index is -0.495. The number of carbonyl (C=O) groups is 2.